The molecule has 0 radical (unpaired) electrons. The van der Waals surface area contributed by atoms with Gasteiger partial charge in [-0.25, -0.2) is 4.39 Å². The van der Waals surface area contributed by atoms with Gasteiger partial charge in [0, 0.05) is 12.6 Å². The van der Waals surface area contributed by atoms with E-state index in [0.29, 0.717) is 6.04 Å². The lowest BCUT2D eigenvalue weighted by Crippen LogP contribution is -2.16. The molecule has 0 unspecified atom stereocenters. The van der Waals surface area contributed by atoms with E-state index in [1.165, 1.54) is 24.0 Å². The summed E-state index contributed by atoms with van der Waals surface area (Å²) in [6.45, 7) is 3.06. The van der Waals surface area contributed by atoms with Gasteiger partial charge < -0.3 is 5.32 Å². The number of nitrogens with one attached hydrogen (secondary N) is 1. The number of unbranched alkanes of at least 4 members (excludes halogenated alkanes) is 1. The summed E-state index contributed by atoms with van der Waals surface area (Å²) in [6, 6.07) is 5.90. The SMILES string of the molecule is CCCCc1cc(F)ccc1CNC1CC1. The van der Waals surface area contributed by atoms with E-state index in [-0.39, 0.29) is 5.82 Å². The zero-order chi connectivity index (χ0) is 11.4. The highest BCUT2D eigenvalue weighted by molar-refractivity contribution is 5.28. The molecule has 2 rings (SSSR count). The van der Waals surface area contributed by atoms with E-state index in [2.05, 4.69) is 12.2 Å². The van der Waals surface area contributed by atoms with E-state index in [4.69, 9.17) is 0 Å². The molecule has 1 N–H and O–H groups in total. The molecule has 1 fully saturated rings. The molecule has 0 bridgehead atoms. The third-order valence-electron chi connectivity index (χ3n) is 3.13. The van der Waals surface area contributed by atoms with Gasteiger partial charge >= 0.3 is 0 Å². The van der Waals surface area contributed by atoms with Crippen molar-refractivity contribution in [2.45, 2.75) is 51.6 Å². The van der Waals surface area contributed by atoms with Crippen LogP contribution in [0.3, 0.4) is 0 Å². The molecule has 1 aromatic rings. The predicted octanol–water partition coefficient (Wildman–Crippen LogP) is 3.42. The second-order valence-corrected chi connectivity index (χ2v) is 4.67. The van der Waals surface area contributed by atoms with Crippen LogP contribution in [0.1, 0.15) is 43.7 Å². The minimum Gasteiger partial charge on any atom is -0.310 e. The normalized spacial score (nSPS) is 15.4. The molecule has 0 atom stereocenters. The van der Waals surface area contributed by atoms with Crippen molar-refractivity contribution in [2.24, 2.45) is 0 Å². The van der Waals surface area contributed by atoms with Gasteiger partial charge in [0.1, 0.15) is 5.82 Å². The molecular weight excluding hydrogens is 201 g/mol. The molecule has 0 spiro atoms. The van der Waals surface area contributed by atoms with Crippen molar-refractivity contribution >= 4 is 0 Å². The molecule has 1 nitrogen and oxygen atoms in total. The van der Waals surface area contributed by atoms with Crippen LogP contribution in [0.2, 0.25) is 0 Å². The molecule has 0 aromatic heterocycles. The second-order valence-electron chi connectivity index (χ2n) is 4.67. The van der Waals surface area contributed by atoms with Gasteiger partial charge in [-0.15, -0.1) is 0 Å². The summed E-state index contributed by atoms with van der Waals surface area (Å²) in [5.74, 6) is -0.110. The maximum Gasteiger partial charge on any atom is 0.123 e. The summed E-state index contributed by atoms with van der Waals surface area (Å²) in [7, 11) is 0. The van der Waals surface area contributed by atoms with E-state index < -0.39 is 0 Å². The van der Waals surface area contributed by atoms with Crippen molar-refractivity contribution in [1.82, 2.24) is 5.32 Å². The third-order valence-corrected chi connectivity index (χ3v) is 3.13. The van der Waals surface area contributed by atoms with Crippen LogP contribution < -0.4 is 5.32 Å². The fourth-order valence-corrected chi connectivity index (χ4v) is 1.91. The number of hydrogen-bond donors (Lipinski definition) is 1. The van der Waals surface area contributed by atoms with Crippen LogP contribution in [-0.2, 0) is 13.0 Å². The Morgan fingerprint density at radius 1 is 1.31 bits per heavy atom. The predicted molar refractivity (Wildman–Crippen MR) is 64.9 cm³/mol. The van der Waals surface area contributed by atoms with Crippen LogP contribution >= 0.6 is 0 Å². The monoisotopic (exact) mass is 221 g/mol. The van der Waals surface area contributed by atoms with Crippen molar-refractivity contribution in [3.05, 3.63) is 35.1 Å². The van der Waals surface area contributed by atoms with Crippen LogP contribution in [-0.4, -0.2) is 6.04 Å². The van der Waals surface area contributed by atoms with Crippen molar-refractivity contribution in [3.8, 4) is 0 Å². The van der Waals surface area contributed by atoms with Gasteiger partial charge in [0.2, 0.25) is 0 Å². The molecule has 88 valence electrons. The topological polar surface area (TPSA) is 12.0 Å². The van der Waals surface area contributed by atoms with Gasteiger partial charge in [0.05, 0.1) is 0 Å². The first-order chi connectivity index (χ1) is 7.79. The number of rotatable bonds is 6. The summed E-state index contributed by atoms with van der Waals surface area (Å²) < 4.78 is 13.2. The fourth-order valence-electron chi connectivity index (χ4n) is 1.91. The van der Waals surface area contributed by atoms with Crippen molar-refractivity contribution in [3.63, 3.8) is 0 Å². The maximum atomic E-state index is 13.2. The summed E-state index contributed by atoms with van der Waals surface area (Å²) in [4.78, 5) is 0. The molecule has 16 heavy (non-hydrogen) atoms. The Balaban J connectivity index is 2.00. The van der Waals surface area contributed by atoms with Crippen LogP contribution in [0, 0.1) is 5.82 Å². The highest BCUT2D eigenvalue weighted by Gasteiger charge is 2.20. The summed E-state index contributed by atoms with van der Waals surface area (Å²) >= 11 is 0. The average molecular weight is 221 g/mol. The van der Waals surface area contributed by atoms with Gasteiger partial charge in [-0.3, -0.25) is 0 Å². The average Bonchev–Trinajstić information content (AvgIpc) is 3.09. The van der Waals surface area contributed by atoms with E-state index >= 15 is 0 Å². The Hall–Kier alpha value is -0.890. The molecule has 0 saturated heterocycles. The first-order valence-electron chi connectivity index (χ1n) is 6.30. The lowest BCUT2D eigenvalue weighted by Gasteiger charge is -2.10. The Morgan fingerprint density at radius 3 is 2.81 bits per heavy atom. The fraction of sp³-hybridized carbons (Fsp3) is 0.571. The van der Waals surface area contributed by atoms with Crippen LogP contribution in [0.25, 0.3) is 0 Å². The second kappa shape index (κ2) is 5.44. The van der Waals surface area contributed by atoms with E-state index in [0.717, 1.165) is 25.8 Å². The lowest BCUT2D eigenvalue weighted by atomic mass is 10.0. The van der Waals surface area contributed by atoms with Crippen molar-refractivity contribution in [2.75, 3.05) is 0 Å². The Bertz CT molecular complexity index is 345. The van der Waals surface area contributed by atoms with Crippen molar-refractivity contribution in [1.29, 1.82) is 0 Å². The zero-order valence-corrected chi connectivity index (χ0v) is 9.93. The highest BCUT2D eigenvalue weighted by Crippen LogP contribution is 2.21. The zero-order valence-electron chi connectivity index (χ0n) is 9.93. The minimum atomic E-state index is -0.110. The van der Waals surface area contributed by atoms with Gasteiger partial charge in [-0.05, 0) is 48.9 Å². The molecule has 0 heterocycles. The summed E-state index contributed by atoms with van der Waals surface area (Å²) in [5.41, 5.74) is 2.44. The Kier molecular flexibility index (Phi) is 3.94. The largest absolute Gasteiger partial charge is 0.310 e. The number of benzene rings is 1. The van der Waals surface area contributed by atoms with Crippen LogP contribution in [0.15, 0.2) is 18.2 Å². The smallest absolute Gasteiger partial charge is 0.123 e. The van der Waals surface area contributed by atoms with Gasteiger partial charge in [0.15, 0.2) is 0 Å². The van der Waals surface area contributed by atoms with Crippen LogP contribution in [0.5, 0.6) is 0 Å². The van der Waals surface area contributed by atoms with E-state index in [1.807, 2.05) is 6.07 Å². The number of halogens is 1. The minimum absolute atomic E-state index is 0.110. The van der Waals surface area contributed by atoms with Gasteiger partial charge in [0.25, 0.3) is 0 Å². The van der Waals surface area contributed by atoms with E-state index in [9.17, 15) is 4.39 Å². The molecule has 0 aliphatic heterocycles. The Labute approximate surface area is 97.1 Å². The molecule has 0 amide bonds. The van der Waals surface area contributed by atoms with Gasteiger partial charge in [-0.1, -0.05) is 19.4 Å². The number of hydrogen-bond acceptors (Lipinski definition) is 1. The molecule has 1 aliphatic rings. The molecule has 2 heteroatoms. The summed E-state index contributed by atoms with van der Waals surface area (Å²) in [6.07, 6.45) is 5.89. The van der Waals surface area contributed by atoms with Gasteiger partial charge in [-0.2, -0.15) is 0 Å². The molecule has 1 saturated carbocycles. The molecule has 1 aromatic carbocycles. The summed E-state index contributed by atoms with van der Waals surface area (Å²) in [5, 5.41) is 3.49. The quantitative estimate of drug-likeness (QED) is 0.776. The highest BCUT2D eigenvalue weighted by atomic mass is 19.1. The third kappa shape index (κ3) is 3.31. The maximum absolute atomic E-state index is 13.2. The van der Waals surface area contributed by atoms with Crippen molar-refractivity contribution < 1.29 is 4.39 Å². The number of aryl methyl sites for hydroxylation is 1. The van der Waals surface area contributed by atoms with Crippen LogP contribution in [0.4, 0.5) is 4.39 Å². The first kappa shape index (κ1) is 11.6. The van der Waals surface area contributed by atoms with E-state index in [1.54, 1.807) is 12.1 Å². The lowest BCUT2D eigenvalue weighted by molar-refractivity contribution is 0.618. The first-order valence-corrected chi connectivity index (χ1v) is 6.30. The Morgan fingerprint density at radius 2 is 2.12 bits per heavy atom. The molecular formula is C14H20FN. The molecule has 1 aliphatic carbocycles. The standard InChI is InChI=1S/C14H20FN/c1-2-3-4-11-9-13(15)6-5-12(11)10-16-14-7-8-14/h5-6,9,14,16H,2-4,7-8,10H2,1H3.